The zero-order valence-electron chi connectivity index (χ0n) is 8.60. The van der Waals surface area contributed by atoms with E-state index < -0.39 is 5.97 Å². The van der Waals surface area contributed by atoms with Crippen LogP contribution >= 0.6 is 11.5 Å². The van der Waals surface area contributed by atoms with Gasteiger partial charge in [0.25, 0.3) is 0 Å². The van der Waals surface area contributed by atoms with E-state index in [0.29, 0.717) is 5.69 Å². The number of anilines is 1. The molecule has 1 aromatic heterocycles. The predicted molar refractivity (Wildman–Crippen MR) is 59.7 cm³/mol. The first-order chi connectivity index (χ1) is 7.68. The van der Waals surface area contributed by atoms with Crippen molar-refractivity contribution < 1.29 is 14.7 Å². The molecule has 0 aliphatic heterocycles. The van der Waals surface area contributed by atoms with Gasteiger partial charge in [0.15, 0.2) is 5.69 Å². The van der Waals surface area contributed by atoms with Gasteiger partial charge in [-0.2, -0.15) is 4.37 Å². The van der Waals surface area contributed by atoms with Gasteiger partial charge in [-0.15, -0.1) is 0 Å². The van der Waals surface area contributed by atoms with Crippen LogP contribution in [-0.2, 0) is 4.79 Å². The molecular formula is C10H12N2O3S. The minimum atomic E-state index is -1.11. The molecule has 2 N–H and O–H groups in total. The van der Waals surface area contributed by atoms with Crippen molar-refractivity contribution >= 4 is 29.1 Å². The fourth-order valence-corrected chi connectivity index (χ4v) is 2.51. The number of nitrogens with one attached hydrogen (secondary N) is 1. The predicted octanol–water partition coefficient (Wildman–Crippen LogP) is 1.97. The molecule has 6 heteroatoms. The summed E-state index contributed by atoms with van der Waals surface area (Å²) in [6.07, 6.45) is 3.94. The summed E-state index contributed by atoms with van der Waals surface area (Å²) in [6, 6.07) is 0. The Morgan fingerprint density at radius 3 is 2.75 bits per heavy atom. The lowest BCUT2D eigenvalue weighted by Crippen LogP contribution is -2.21. The molecule has 0 aromatic carbocycles. The van der Waals surface area contributed by atoms with Crippen molar-refractivity contribution in [3.05, 3.63) is 11.1 Å². The third-order valence-electron chi connectivity index (χ3n) is 2.76. The molecule has 16 heavy (non-hydrogen) atoms. The van der Waals surface area contributed by atoms with E-state index in [9.17, 15) is 9.59 Å². The van der Waals surface area contributed by atoms with Crippen LogP contribution < -0.4 is 5.32 Å². The molecule has 1 saturated carbocycles. The van der Waals surface area contributed by atoms with Crippen LogP contribution in [0.3, 0.4) is 0 Å². The van der Waals surface area contributed by atoms with Gasteiger partial charge in [-0.05, 0) is 24.4 Å². The molecule has 86 valence electrons. The normalized spacial score (nSPS) is 16.2. The Labute approximate surface area is 96.6 Å². The van der Waals surface area contributed by atoms with E-state index in [1.54, 1.807) is 5.38 Å². The van der Waals surface area contributed by atoms with E-state index in [1.807, 2.05) is 0 Å². The highest BCUT2D eigenvalue weighted by Gasteiger charge is 2.24. The van der Waals surface area contributed by atoms with E-state index in [-0.39, 0.29) is 17.5 Å². The third-order valence-corrected chi connectivity index (χ3v) is 3.39. The van der Waals surface area contributed by atoms with Crippen LogP contribution in [0.25, 0.3) is 0 Å². The number of carboxylic acids is 1. The van der Waals surface area contributed by atoms with Crippen molar-refractivity contribution in [3.63, 3.8) is 0 Å². The molecule has 0 unspecified atom stereocenters. The maximum absolute atomic E-state index is 11.8. The van der Waals surface area contributed by atoms with Gasteiger partial charge in [0.2, 0.25) is 5.91 Å². The van der Waals surface area contributed by atoms with E-state index in [1.165, 1.54) is 0 Å². The van der Waals surface area contributed by atoms with Gasteiger partial charge in [0.1, 0.15) is 0 Å². The maximum atomic E-state index is 11.8. The number of carbonyl (C=O) groups is 2. The highest BCUT2D eigenvalue weighted by Crippen LogP contribution is 2.27. The third kappa shape index (κ3) is 2.21. The summed E-state index contributed by atoms with van der Waals surface area (Å²) < 4.78 is 3.72. The zero-order chi connectivity index (χ0) is 11.5. The van der Waals surface area contributed by atoms with Crippen LogP contribution in [-0.4, -0.2) is 21.4 Å². The van der Waals surface area contributed by atoms with Crippen LogP contribution in [0.1, 0.15) is 36.2 Å². The molecule has 5 nitrogen and oxygen atoms in total. The van der Waals surface area contributed by atoms with E-state index >= 15 is 0 Å². The summed E-state index contributed by atoms with van der Waals surface area (Å²) in [7, 11) is 0. The molecule has 0 radical (unpaired) electrons. The van der Waals surface area contributed by atoms with Gasteiger partial charge in [0, 0.05) is 11.3 Å². The summed E-state index contributed by atoms with van der Waals surface area (Å²) in [6.45, 7) is 0. The van der Waals surface area contributed by atoms with Crippen molar-refractivity contribution in [2.24, 2.45) is 5.92 Å². The van der Waals surface area contributed by atoms with Gasteiger partial charge in [0.05, 0.1) is 5.69 Å². The molecule has 0 atom stereocenters. The molecule has 0 spiro atoms. The summed E-state index contributed by atoms with van der Waals surface area (Å²) >= 11 is 1.03. The van der Waals surface area contributed by atoms with Crippen molar-refractivity contribution in [1.82, 2.24) is 4.37 Å². The van der Waals surface area contributed by atoms with Crippen molar-refractivity contribution in [3.8, 4) is 0 Å². The topological polar surface area (TPSA) is 79.3 Å². The lowest BCUT2D eigenvalue weighted by molar-refractivity contribution is -0.119. The maximum Gasteiger partial charge on any atom is 0.357 e. The molecule has 2 rings (SSSR count). The summed E-state index contributed by atoms with van der Waals surface area (Å²) in [5.41, 5.74) is 0.241. The molecule has 1 aliphatic rings. The average Bonchev–Trinajstić information content (AvgIpc) is 2.86. The minimum Gasteiger partial charge on any atom is -0.476 e. The van der Waals surface area contributed by atoms with Crippen molar-refractivity contribution in [2.75, 3.05) is 5.32 Å². The van der Waals surface area contributed by atoms with Crippen molar-refractivity contribution in [2.45, 2.75) is 25.7 Å². The number of hydrogen-bond donors (Lipinski definition) is 2. The molecule has 1 amide bonds. The van der Waals surface area contributed by atoms with Crippen molar-refractivity contribution in [1.29, 1.82) is 0 Å². The smallest absolute Gasteiger partial charge is 0.357 e. The van der Waals surface area contributed by atoms with Crippen LogP contribution in [0.15, 0.2) is 5.38 Å². The Kier molecular flexibility index (Phi) is 3.19. The van der Waals surface area contributed by atoms with Gasteiger partial charge in [-0.25, -0.2) is 4.79 Å². The molecule has 1 aliphatic carbocycles. The fourth-order valence-electron chi connectivity index (χ4n) is 1.90. The number of hydrogen-bond acceptors (Lipinski definition) is 4. The molecule has 1 heterocycles. The lowest BCUT2D eigenvalue weighted by atomic mass is 10.1. The highest BCUT2D eigenvalue weighted by molar-refractivity contribution is 7.04. The lowest BCUT2D eigenvalue weighted by Gasteiger charge is -2.08. The Morgan fingerprint density at radius 2 is 2.12 bits per heavy atom. The first kappa shape index (κ1) is 11.1. The summed E-state index contributed by atoms with van der Waals surface area (Å²) in [5, 5.41) is 13.0. The second-order valence-electron chi connectivity index (χ2n) is 3.85. The van der Waals surface area contributed by atoms with E-state index in [0.717, 1.165) is 37.2 Å². The van der Waals surface area contributed by atoms with Crippen LogP contribution in [0.4, 0.5) is 5.69 Å². The van der Waals surface area contributed by atoms with Gasteiger partial charge in [-0.1, -0.05) is 12.8 Å². The zero-order valence-corrected chi connectivity index (χ0v) is 9.42. The number of aromatic nitrogens is 1. The quantitative estimate of drug-likeness (QED) is 0.846. The van der Waals surface area contributed by atoms with Gasteiger partial charge in [-0.3, -0.25) is 4.79 Å². The molecule has 0 saturated heterocycles. The number of nitrogens with zero attached hydrogens (tertiary/aromatic N) is 1. The minimum absolute atomic E-state index is 0.0292. The number of amides is 1. The number of rotatable bonds is 3. The highest BCUT2D eigenvalue weighted by atomic mass is 32.1. The monoisotopic (exact) mass is 240 g/mol. The second-order valence-corrected chi connectivity index (χ2v) is 4.48. The average molecular weight is 240 g/mol. The van der Waals surface area contributed by atoms with Crippen LogP contribution in [0, 0.1) is 5.92 Å². The Morgan fingerprint density at radius 1 is 1.44 bits per heavy atom. The van der Waals surface area contributed by atoms with Gasteiger partial charge < -0.3 is 10.4 Å². The molecule has 0 bridgehead atoms. The van der Waals surface area contributed by atoms with Crippen LogP contribution in [0.5, 0.6) is 0 Å². The fraction of sp³-hybridized carbons (Fsp3) is 0.500. The second kappa shape index (κ2) is 4.61. The largest absolute Gasteiger partial charge is 0.476 e. The number of carboxylic acid groups (broad SMARTS) is 1. The van der Waals surface area contributed by atoms with Crippen LogP contribution in [0.2, 0.25) is 0 Å². The standard InChI is InChI=1S/C10H12N2O3S/c13-9(6-3-1-2-4-6)11-7-5-16-12-8(7)10(14)15/h5-6H,1-4H2,(H,11,13)(H,14,15). The Bertz CT molecular complexity index is 410. The van der Waals surface area contributed by atoms with E-state index in [2.05, 4.69) is 9.69 Å². The van der Waals surface area contributed by atoms with Gasteiger partial charge >= 0.3 is 5.97 Å². The number of aromatic carboxylic acids is 1. The van der Waals surface area contributed by atoms with E-state index in [4.69, 9.17) is 5.11 Å². The molecular weight excluding hydrogens is 228 g/mol. The number of carbonyl (C=O) groups excluding carboxylic acids is 1. The first-order valence-electron chi connectivity index (χ1n) is 5.17. The summed E-state index contributed by atoms with van der Waals surface area (Å²) in [4.78, 5) is 22.5. The molecule has 1 fully saturated rings. The SMILES string of the molecule is O=C(O)c1nscc1NC(=O)C1CCCC1. The Hall–Kier alpha value is -1.43. The first-order valence-corrected chi connectivity index (χ1v) is 6.00. The Balaban J connectivity index is 2.05. The molecule has 1 aromatic rings. The summed E-state index contributed by atoms with van der Waals surface area (Å²) in [5.74, 6) is -1.16.